The number of carbonyl (C=O) groups excluding carboxylic acids is 2. The van der Waals surface area contributed by atoms with Crippen LogP contribution >= 0.6 is 0 Å². The highest BCUT2D eigenvalue weighted by atomic mass is 16.5. The number of hydrogen-bond acceptors (Lipinski definition) is 4. The zero-order valence-electron chi connectivity index (χ0n) is 22.4. The quantitative estimate of drug-likeness (QED) is 0.272. The number of rotatable bonds is 11. The van der Waals surface area contributed by atoms with E-state index in [-0.39, 0.29) is 24.5 Å². The molecule has 2 N–H and O–H groups in total. The van der Waals surface area contributed by atoms with E-state index in [1.54, 1.807) is 37.3 Å². The van der Waals surface area contributed by atoms with E-state index in [0.29, 0.717) is 36.7 Å². The van der Waals surface area contributed by atoms with Crippen molar-refractivity contribution in [1.82, 2.24) is 14.8 Å². The molecule has 1 aliphatic carbocycles. The molecule has 3 amide bonds. The fraction of sp³-hybridized carbons (Fsp3) is 0.290. The summed E-state index contributed by atoms with van der Waals surface area (Å²) < 4.78 is 10.7. The van der Waals surface area contributed by atoms with E-state index >= 15 is 0 Å². The van der Waals surface area contributed by atoms with Crippen molar-refractivity contribution in [3.8, 4) is 11.5 Å². The van der Waals surface area contributed by atoms with Gasteiger partial charge in [-0.25, -0.2) is 4.79 Å². The van der Waals surface area contributed by atoms with Gasteiger partial charge >= 0.3 is 6.03 Å². The summed E-state index contributed by atoms with van der Waals surface area (Å²) in [5.41, 5.74) is 3.83. The number of aromatic nitrogens is 1. The van der Waals surface area contributed by atoms with Crippen molar-refractivity contribution in [3.63, 3.8) is 0 Å². The van der Waals surface area contributed by atoms with Gasteiger partial charge in [0.25, 0.3) is 0 Å². The van der Waals surface area contributed by atoms with Gasteiger partial charge < -0.3 is 29.6 Å². The van der Waals surface area contributed by atoms with Crippen molar-refractivity contribution < 1.29 is 19.1 Å². The van der Waals surface area contributed by atoms with Crippen LogP contribution in [-0.2, 0) is 17.8 Å². The molecule has 1 saturated carbocycles. The number of para-hydroxylation sites is 1. The monoisotopic (exact) mass is 526 g/mol. The smallest absolute Gasteiger partial charge is 0.322 e. The van der Waals surface area contributed by atoms with Gasteiger partial charge in [0.2, 0.25) is 5.91 Å². The van der Waals surface area contributed by atoms with Crippen molar-refractivity contribution in [1.29, 1.82) is 0 Å². The van der Waals surface area contributed by atoms with Gasteiger partial charge in [-0.15, -0.1) is 0 Å². The molecule has 1 fully saturated rings. The van der Waals surface area contributed by atoms with Crippen LogP contribution in [0.5, 0.6) is 11.5 Å². The van der Waals surface area contributed by atoms with Crippen LogP contribution < -0.4 is 14.8 Å². The maximum Gasteiger partial charge on any atom is 0.322 e. The Morgan fingerprint density at radius 3 is 2.49 bits per heavy atom. The number of urea groups is 1. The Morgan fingerprint density at radius 1 is 0.974 bits per heavy atom. The summed E-state index contributed by atoms with van der Waals surface area (Å²) >= 11 is 0. The number of benzene rings is 3. The first-order chi connectivity index (χ1) is 19.1. The first-order valence-corrected chi connectivity index (χ1v) is 13.2. The third-order valence-corrected chi connectivity index (χ3v) is 7.10. The normalized spacial score (nSPS) is 12.7. The standard InChI is InChI=1S/C31H34N4O4/c1-38-25-14-15-28(29(18-25)39-2)33-31(37)35(24-12-13-24)21-30(36)34(20-22-8-4-3-5-9-22)17-16-23-19-32-27-11-7-6-10-26(23)27/h3-11,14-15,18-19,24,32H,12-13,16-17,20-21H2,1-2H3,(H,33,37). The maximum absolute atomic E-state index is 13.7. The molecule has 8 heteroatoms. The lowest BCUT2D eigenvalue weighted by Gasteiger charge is -2.28. The zero-order valence-corrected chi connectivity index (χ0v) is 22.4. The number of amides is 3. The Bertz CT molecular complexity index is 1430. The summed E-state index contributed by atoms with van der Waals surface area (Å²) in [7, 11) is 3.12. The molecule has 1 aliphatic rings. The number of anilines is 1. The van der Waals surface area contributed by atoms with Crippen molar-refractivity contribution in [2.24, 2.45) is 0 Å². The second-order valence-corrected chi connectivity index (χ2v) is 9.77. The molecule has 0 saturated heterocycles. The third-order valence-electron chi connectivity index (χ3n) is 7.10. The lowest BCUT2D eigenvalue weighted by molar-refractivity contribution is -0.132. The molecular weight excluding hydrogens is 492 g/mol. The van der Waals surface area contributed by atoms with Gasteiger partial charge in [-0.2, -0.15) is 0 Å². The second-order valence-electron chi connectivity index (χ2n) is 9.77. The van der Waals surface area contributed by atoms with Crippen LogP contribution in [0.25, 0.3) is 10.9 Å². The van der Waals surface area contributed by atoms with Crippen LogP contribution in [0.4, 0.5) is 10.5 Å². The lowest BCUT2D eigenvalue weighted by Crippen LogP contribution is -2.45. The predicted molar refractivity (Wildman–Crippen MR) is 152 cm³/mol. The summed E-state index contributed by atoms with van der Waals surface area (Å²) in [6.07, 6.45) is 4.49. The first kappa shape index (κ1) is 26.2. The predicted octanol–water partition coefficient (Wildman–Crippen LogP) is 5.45. The molecular formula is C31H34N4O4. The molecule has 0 atom stereocenters. The van der Waals surface area contributed by atoms with Crippen molar-refractivity contribution in [2.75, 3.05) is 32.6 Å². The number of ether oxygens (including phenoxy) is 2. The molecule has 1 aromatic heterocycles. The fourth-order valence-corrected chi connectivity index (χ4v) is 4.78. The number of methoxy groups -OCH3 is 2. The molecule has 1 heterocycles. The SMILES string of the molecule is COc1ccc(NC(=O)N(CC(=O)N(CCc2c[nH]c3ccccc23)Cc2ccccc2)C2CC2)c(OC)c1. The van der Waals surface area contributed by atoms with Crippen LogP contribution in [0, 0.1) is 0 Å². The van der Waals surface area contributed by atoms with Gasteiger partial charge in [-0.1, -0.05) is 48.5 Å². The topological polar surface area (TPSA) is 86.9 Å². The van der Waals surface area contributed by atoms with E-state index in [0.717, 1.165) is 29.3 Å². The molecule has 8 nitrogen and oxygen atoms in total. The molecule has 0 aliphatic heterocycles. The number of fused-ring (bicyclic) bond motifs is 1. The van der Waals surface area contributed by atoms with Crippen LogP contribution in [-0.4, -0.2) is 60.1 Å². The third kappa shape index (κ3) is 6.34. The summed E-state index contributed by atoms with van der Waals surface area (Å²) in [5, 5.41) is 4.10. The average Bonchev–Trinajstić information content (AvgIpc) is 3.73. The minimum atomic E-state index is -0.314. The van der Waals surface area contributed by atoms with E-state index in [9.17, 15) is 9.59 Å². The van der Waals surface area contributed by atoms with Crippen LogP contribution in [0.15, 0.2) is 79.0 Å². The van der Waals surface area contributed by atoms with Gasteiger partial charge in [0.1, 0.15) is 18.0 Å². The molecule has 0 unspecified atom stereocenters. The minimum absolute atomic E-state index is 0.00961. The highest BCUT2D eigenvalue weighted by molar-refractivity contribution is 5.94. The molecule has 0 spiro atoms. The second kappa shape index (κ2) is 11.9. The number of nitrogens with one attached hydrogen (secondary N) is 2. The van der Waals surface area contributed by atoms with E-state index in [1.807, 2.05) is 53.6 Å². The number of aromatic amines is 1. The summed E-state index contributed by atoms with van der Waals surface area (Å²) in [6.45, 7) is 1.03. The van der Waals surface area contributed by atoms with Crippen molar-refractivity contribution >= 4 is 28.5 Å². The molecule has 39 heavy (non-hydrogen) atoms. The Balaban J connectivity index is 1.31. The molecule has 4 aromatic rings. The lowest BCUT2D eigenvalue weighted by atomic mass is 10.1. The molecule has 5 rings (SSSR count). The Morgan fingerprint density at radius 2 is 1.74 bits per heavy atom. The Hall–Kier alpha value is -4.46. The number of carbonyl (C=O) groups is 2. The fourth-order valence-electron chi connectivity index (χ4n) is 4.78. The van der Waals surface area contributed by atoms with Crippen molar-refractivity contribution in [3.05, 3.63) is 90.1 Å². The van der Waals surface area contributed by atoms with Gasteiger partial charge in [0.05, 0.1) is 19.9 Å². The Kier molecular flexibility index (Phi) is 8.01. The maximum atomic E-state index is 13.7. The largest absolute Gasteiger partial charge is 0.497 e. The number of nitrogens with zero attached hydrogens (tertiary/aromatic N) is 2. The van der Waals surface area contributed by atoms with E-state index in [4.69, 9.17) is 9.47 Å². The van der Waals surface area contributed by atoms with Crippen LogP contribution in [0.1, 0.15) is 24.0 Å². The van der Waals surface area contributed by atoms with Gasteiger partial charge in [0, 0.05) is 42.3 Å². The minimum Gasteiger partial charge on any atom is -0.497 e. The summed E-state index contributed by atoms with van der Waals surface area (Å²) in [5.74, 6) is 1.04. The van der Waals surface area contributed by atoms with E-state index in [2.05, 4.69) is 22.4 Å². The van der Waals surface area contributed by atoms with E-state index < -0.39 is 0 Å². The molecule has 3 aromatic carbocycles. The van der Waals surface area contributed by atoms with Gasteiger partial charge in [-0.3, -0.25) is 4.79 Å². The van der Waals surface area contributed by atoms with Crippen LogP contribution in [0.3, 0.4) is 0 Å². The Labute approximate surface area is 228 Å². The molecule has 202 valence electrons. The summed E-state index contributed by atoms with van der Waals surface area (Å²) in [4.78, 5) is 33.9. The average molecular weight is 527 g/mol. The highest BCUT2D eigenvalue weighted by Gasteiger charge is 2.35. The van der Waals surface area contributed by atoms with Crippen LogP contribution in [0.2, 0.25) is 0 Å². The first-order valence-electron chi connectivity index (χ1n) is 13.2. The van der Waals surface area contributed by atoms with Gasteiger partial charge in [-0.05, 0) is 48.6 Å². The zero-order chi connectivity index (χ0) is 27.2. The number of hydrogen-bond donors (Lipinski definition) is 2. The van der Waals surface area contributed by atoms with E-state index in [1.165, 1.54) is 5.56 Å². The summed E-state index contributed by atoms with van der Waals surface area (Å²) in [6, 6.07) is 23.1. The van der Waals surface area contributed by atoms with Crippen molar-refractivity contribution in [2.45, 2.75) is 31.8 Å². The molecule has 0 bridgehead atoms. The highest BCUT2D eigenvalue weighted by Crippen LogP contribution is 2.31. The molecule has 0 radical (unpaired) electrons. The van der Waals surface area contributed by atoms with Gasteiger partial charge in [0.15, 0.2) is 0 Å². The number of H-pyrrole nitrogens is 1.